The molecule has 4 aliphatic rings. The number of hydrazine groups is 1. The van der Waals surface area contributed by atoms with Crippen molar-refractivity contribution in [1.29, 1.82) is 0 Å². The molecular weight excluding hydrogens is 867 g/mol. The largest absolute Gasteiger partial charge is 0.444 e. The summed E-state index contributed by atoms with van der Waals surface area (Å²) in [7, 11) is 0. The van der Waals surface area contributed by atoms with Crippen LogP contribution in [0.1, 0.15) is 123 Å². The van der Waals surface area contributed by atoms with Crippen LogP contribution in [0.15, 0.2) is 28.7 Å². The van der Waals surface area contributed by atoms with Crippen LogP contribution >= 0.6 is 0 Å². The molecule has 3 aromatic heterocycles. The van der Waals surface area contributed by atoms with E-state index in [0.717, 1.165) is 133 Å². The molecular formula is C49H79N13O6. The SMILES string of the molecule is CCNc1nnc(-c2ccc(N3CCN(C4CCN(C(=O)OC(C)(C)C)CC4)[C@@H](CC)C3)c(C)n2)o1.CC[C@H]1CN(c2ccc(C(=O)NN)nc2C)CCN1C1CCN(C(=O)OC(C)(C)C)CC1. The van der Waals surface area contributed by atoms with Gasteiger partial charge in [-0.1, -0.05) is 18.9 Å². The highest BCUT2D eigenvalue weighted by Gasteiger charge is 2.37. The second kappa shape index (κ2) is 22.9. The Bertz CT molecular complexity index is 2140. The molecule has 0 spiro atoms. The molecule has 0 unspecified atom stereocenters. The normalized spacial score (nSPS) is 20.4. The van der Waals surface area contributed by atoms with Crippen molar-refractivity contribution in [3.63, 3.8) is 0 Å². The number of rotatable bonds is 10. The number of hydrogen-bond acceptors (Lipinski definition) is 16. The lowest BCUT2D eigenvalue weighted by Gasteiger charge is -2.48. The summed E-state index contributed by atoms with van der Waals surface area (Å²) in [5.41, 5.74) is 6.25. The van der Waals surface area contributed by atoms with Crippen molar-refractivity contribution in [3.8, 4) is 11.6 Å². The Hall–Kier alpha value is -5.27. The molecule has 4 fully saturated rings. The third kappa shape index (κ3) is 13.5. The smallest absolute Gasteiger partial charge is 0.410 e. The Kier molecular flexibility index (Phi) is 17.5. The zero-order chi connectivity index (χ0) is 49.3. The van der Waals surface area contributed by atoms with E-state index in [0.29, 0.717) is 47.5 Å². The molecule has 0 saturated carbocycles. The molecule has 376 valence electrons. The molecule has 0 aliphatic carbocycles. The van der Waals surface area contributed by atoms with E-state index in [4.69, 9.17) is 24.7 Å². The topological polar surface area (TPSA) is 204 Å². The maximum atomic E-state index is 12.5. The van der Waals surface area contributed by atoms with Gasteiger partial charge in [-0.05, 0) is 125 Å². The number of pyridine rings is 2. The summed E-state index contributed by atoms with van der Waals surface area (Å²) in [6.07, 6.45) is 5.67. The van der Waals surface area contributed by atoms with Crippen LogP contribution in [0.4, 0.5) is 27.0 Å². The molecule has 2 atom stereocenters. The third-order valence-corrected chi connectivity index (χ3v) is 13.3. The second-order valence-electron chi connectivity index (χ2n) is 20.4. The van der Waals surface area contributed by atoms with Gasteiger partial charge >= 0.3 is 18.2 Å². The van der Waals surface area contributed by atoms with Gasteiger partial charge in [0.2, 0.25) is 0 Å². The number of likely N-dealkylation sites (tertiary alicyclic amines) is 2. The minimum Gasteiger partial charge on any atom is -0.444 e. The van der Waals surface area contributed by atoms with E-state index in [2.05, 4.69) is 65.4 Å². The first-order valence-electron chi connectivity index (χ1n) is 24.8. The molecule has 19 heteroatoms. The van der Waals surface area contributed by atoms with E-state index >= 15 is 0 Å². The Morgan fingerprint density at radius 1 is 0.676 bits per heavy atom. The summed E-state index contributed by atoms with van der Waals surface area (Å²) < 4.78 is 16.8. The lowest BCUT2D eigenvalue weighted by molar-refractivity contribution is 0.00850. The van der Waals surface area contributed by atoms with E-state index in [1.54, 1.807) is 6.07 Å². The summed E-state index contributed by atoms with van der Waals surface area (Å²) in [6.45, 7) is 31.4. The van der Waals surface area contributed by atoms with Crippen molar-refractivity contribution in [2.24, 2.45) is 5.84 Å². The lowest BCUT2D eigenvalue weighted by atomic mass is 9.98. The third-order valence-electron chi connectivity index (χ3n) is 13.3. The Morgan fingerprint density at radius 3 is 1.56 bits per heavy atom. The average Bonchev–Trinajstić information content (AvgIpc) is 3.79. The van der Waals surface area contributed by atoms with Crippen LogP contribution in [0.25, 0.3) is 11.6 Å². The monoisotopic (exact) mass is 946 g/mol. The fraction of sp³-hybridized carbons (Fsp3) is 0.694. The van der Waals surface area contributed by atoms with Crippen LogP contribution in [0, 0.1) is 13.8 Å². The second-order valence-corrected chi connectivity index (χ2v) is 20.4. The molecule has 4 saturated heterocycles. The highest BCUT2D eigenvalue weighted by molar-refractivity contribution is 5.92. The zero-order valence-corrected chi connectivity index (χ0v) is 42.6. The summed E-state index contributed by atoms with van der Waals surface area (Å²) in [4.78, 5) is 59.6. The predicted octanol–water partition coefficient (Wildman–Crippen LogP) is 6.47. The molecule has 0 radical (unpaired) electrons. The molecule has 4 N–H and O–H groups in total. The van der Waals surface area contributed by atoms with Crippen molar-refractivity contribution in [2.45, 2.75) is 150 Å². The van der Waals surface area contributed by atoms with Crippen molar-refractivity contribution < 1.29 is 28.3 Å². The molecule has 3 amide bonds. The van der Waals surface area contributed by atoms with Crippen LogP contribution in [0.3, 0.4) is 0 Å². The summed E-state index contributed by atoms with van der Waals surface area (Å²) >= 11 is 0. The molecule has 7 rings (SSSR count). The molecule has 3 aromatic rings. The number of ether oxygens (including phenoxy) is 2. The van der Waals surface area contributed by atoms with Crippen LogP contribution in [0.2, 0.25) is 0 Å². The Balaban J connectivity index is 0.000000226. The van der Waals surface area contributed by atoms with E-state index in [1.165, 1.54) is 0 Å². The number of nitrogens with zero attached hydrogens (tertiary/aromatic N) is 10. The van der Waals surface area contributed by atoms with Gasteiger partial charge in [0.15, 0.2) is 0 Å². The van der Waals surface area contributed by atoms with Crippen LogP contribution < -0.4 is 26.4 Å². The fourth-order valence-electron chi connectivity index (χ4n) is 9.92. The molecule has 7 heterocycles. The highest BCUT2D eigenvalue weighted by atomic mass is 16.6. The van der Waals surface area contributed by atoms with Gasteiger partial charge in [-0.25, -0.2) is 25.4 Å². The number of anilines is 3. The van der Waals surface area contributed by atoms with Crippen LogP contribution in [-0.2, 0) is 9.47 Å². The summed E-state index contributed by atoms with van der Waals surface area (Å²) in [5, 5.41) is 11.2. The maximum absolute atomic E-state index is 12.5. The molecule has 19 nitrogen and oxygen atoms in total. The zero-order valence-electron chi connectivity index (χ0n) is 42.6. The quantitative estimate of drug-likeness (QED) is 0.113. The number of carbonyl (C=O) groups is 3. The maximum Gasteiger partial charge on any atom is 0.410 e. The highest BCUT2D eigenvalue weighted by Crippen LogP contribution is 2.31. The van der Waals surface area contributed by atoms with Gasteiger partial charge in [-0.15, -0.1) is 5.10 Å². The number of piperidine rings is 2. The first-order valence-corrected chi connectivity index (χ1v) is 24.8. The molecule has 4 aliphatic heterocycles. The van der Waals surface area contributed by atoms with Gasteiger partial charge in [0.25, 0.3) is 11.8 Å². The molecule has 0 bridgehead atoms. The Morgan fingerprint density at radius 2 is 1.15 bits per heavy atom. The predicted molar refractivity (Wildman–Crippen MR) is 265 cm³/mol. The lowest BCUT2D eigenvalue weighted by Crippen LogP contribution is -2.59. The summed E-state index contributed by atoms with van der Waals surface area (Å²) in [6, 6.07) is 10.1. The van der Waals surface area contributed by atoms with Gasteiger partial charge in [-0.2, -0.15) is 0 Å². The van der Waals surface area contributed by atoms with Crippen molar-refractivity contribution >= 4 is 35.5 Å². The van der Waals surface area contributed by atoms with E-state index < -0.39 is 11.2 Å². The van der Waals surface area contributed by atoms with Crippen molar-refractivity contribution in [3.05, 3.63) is 41.3 Å². The first-order chi connectivity index (χ1) is 32.3. The number of piperazine rings is 2. The molecule has 0 aromatic carbocycles. The van der Waals surface area contributed by atoms with Crippen LogP contribution in [-0.4, -0.2) is 165 Å². The van der Waals surface area contributed by atoms with Gasteiger partial charge < -0.3 is 38.8 Å². The number of amides is 3. The number of carbonyl (C=O) groups excluding carboxylic acids is 3. The van der Waals surface area contributed by atoms with E-state index in [-0.39, 0.29) is 18.1 Å². The van der Waals surface area contributed by atoms with Gasteiger partial charge in [0.1, 0.15) is 22.6 Å². The van der Waals surface area contributed by atoms with Crippen molar-refractivity contribution in [1.82, 2.24) is 45.2 Å². The number of aryl methyl sites for hydroxylation is 2. The standard InChI is InChI=1S/C26H41N7O3.C23H38N6O3/c1-7-19-17-32(22-10-9-21(28-18(22)3)23-29-30-24(35-23)27-8-2)15-16-33(19)20-11-13-31(14-12-20)25(34)36-26(4,5)6;1-6-17-15-28(20-8-7-19(21(30)26-24)25-16(20)2)13-14-29(17)18-9-11-27(12-10-18)22(31)32-23(3,4)5/h9-10,19-20H,7-8,11-17H2,1-6H3,(H,27,30);7-8,17-18H,6,9-15,24H2,1-5H3,(H,26,30)/t19-;17-/m00/s1. The summed E-state index contributed by atoms with van der Waals surface area (Å²) in [5.74, 6) is 5.27. The number of hydrogen-bond donors (Lipinski definition) is 3. The number of nitrogens with one attached hydrogen (secondary N) is 2. The average molecular weight is 946 g/mol. The fourth-order valence-corrected chi connectivity index (χ4v) is 9.92. The van der Waals surface area contributed by atoms with E-state index in [1.807, 2.05) is 84.2 Å². The van der Waals surface area contributed by atoms with Crippen molar-refractivity contribution in [2.75, 3.05) is 87.1 Å². The van der Waals surface area contributed by atoms with Gasteiger partial charge in [0, 0.05) is 96.2 Å². The Labute approximate surface area is 403 Å². The van der Waals surface area contributed by atoms with E-state index in [9.17, 15) is 14.4 Å². The number of nitrogens with two attached hydrogens (primary N) is 1. The number of nitrogen functional groups attached to an aromatic ring is 1. The first kappa shape index (κ1) is 52.1. The van der Waals surface area contributed by atoms with Gasteiger partial charge in [-0.3, -0.25) is 20.0 Å². The minimum atomic E-state index is -0.461. The molecule has 68 heavy (non-hydrogen) atoms. The van der Waals surface area contributed by atoms with Crippen LogP contribution in [0.5, 0.6) is 0 Å². The minimum absolute atomic E-state index is 0.192. The number of aromatic nitrogens is 4. The van der Waals surface area contributed by atoms with Gasteiger partial charge in [0.05, 0.1) is 22.8 Å².